The Labute approximate surface area is 125 Å². The quantitative estimate of drug-likeness (QED) is 0.877. The maximum Gasteiger partial charge on any atom is 0.127 e. The van der Waals surface area contributed by atoms with E-state index in [0.29, 0.717) is 11.3 Å². The van der Waals surface area contributed by atoms with Crippen LogP contribution in [0.15, 0.2) is 36.4 Å². The maximum absolute atomic E-state index is 13.2. The minimum absolute atomic E-state index is 0.190. The Bertz CT molecular complexity index is 625. The van der Waals surface area contributed by atoms with Crippen molar-refractivity contribution in [3.05, 3.63) is 58.9 Å². The minimum atomic E-state index is -0.220. The van der Waals surface area contributed by atoms with Crippen molar-refractivity contribution in [2.24, 2.45) is 5.73 Å². The van der Waals surface area contributed by atoms with Gasteiger partial charge in [-0.1, -0.05) is 13.0 Å². The molecule has 0 aliphatic carbocycles. The number of ether oxygens (including phenoxy) is 1. The maximum atomic E-state index is 13.2. The van der Waals surface area contributed by atoms with E-state index in [0.717, 1.165) is 24.2 Å². The second-order valence-electron chi connectivity index (χ2n) is 5.47. The van der Waals surface area contributed by atoms with Crippen molar-refractivity contribution < 1.29 is 9.13 Å². The van der Waals surface area contributed by atoms with Gasteiger partial charge in [-0.3, -0.25) is 0 Å². The standard InChI is InChI=1S/C18H22FNO/c1-4-15(20)11-14-5-6-16(9-12(14)2)21-17-7-8-18(19)13(3)10-17/h5-10,15H,4,11,20H2,1-3H3. The molecule has 1 unspecified atom stereocenters. The molecule has 2 rings (SSSR count). The summed E-state index contributed by atoms with van der Waals surface area (Å²) in [6.45, 7) is 5.87. The van der Waals surface area contributed by atoms with Gasteiger partial charge < -0.3 is 10.5 Å². The highest BCUT2D eigenvalue weighted by Crippen LogP contribution is 2.25. The van der Waals surface area contributed by atoms with Crippen LogP contribution >= 0.6 is 0 Å². The first-order chi connectivity index (χ1) is 9.99. The van der Waals surface area contributed by atoms with Gasteiger partial charge in [0.2, 0.25) is 0 Å². The molecule has 1 atom stereocenters. The predicted octanol–water partition coefficient (Wildman–Crippen LogP) is 4.51. The largest absolute Gasteiger partial charge is 0.457 e. The van der Waals surface area contributed by atoms with Gasteiger partial charge in [0.1, 0.15) is 17.3 Å². The third-order valence-corrected chi connectivity index (χ3v) is 3.69. The van der Waals surface area contributed by atoms with Crippen LogP contribution in [0.25, 0.3) is 0 Å². The summed E-state index contributed by atoms with van der Waals surface area (Å²) >= 11 is 0. The number of aryl methyl sites for hydroxylation is 2. The van der Waals surface area contributed by atoms with E-state index < -0.39 is 0 Å². The van der Waals surface area contributed by atoms with E-state index in [1.165, 1.54) is 11.6 Å². The molecule has 0 saturated carbocycles. The van der Waals surface area contributed by atoms with Gasteiger partial charge in [0.15, 0.2) is 0 Å². The third kappa shape index (κ3) is 4.05. The molecule has 0 spiro atoms. The van der Waals surface area contributed by atoms with Gasteiger partial charge in [0.05, 0.1) is 0 Å². The summed E-state index contributed by atoms with van der Waals surface area (Å²) in [7, 11) is 0. The zero-order valence-electron chi connectivity index (χ0n) is 12.8. The fraction of sp³-hybridized carbons (Fsp3) is 0.333. The van der Waals surface area contributed by atoms with E-state index in [-0.39, 0.29) is 11.9 Å². The molecule has 2 nitrogen and oxygen atoms in total. The van der Waals surface area contributed by atoms with Gasteiger partial charge in [-0.05, 0) is 73.7 Å². The Morgan fingerprint density at radius 3 is 2.24 bits per heavy atom. The first-order valence-electron chi connectivity index (χ1n) is 7.28. The van der Waals surface area contributed by atoms with Gasteiger partial charge in [-0.2, -0.15) is 0 Å². The van der Waals surface area contributed by atoms with Gasteiger partial charge in [-0.15, -0.1) is 0 Å². The summed E-state index contributed by atoms with van der Waals surface area (Å²) in [5, 5.41) is 0. The molecule has 0 aromatic heterocycles. The Morgan fingerprint density at radius 1 is 1.05 bits per heavy atom. The molecule has 2 N–H and O–H groups in total. The molecular weight excluding hydrogens is 265 g/mol. The first-order valence-corrected chi connectivity index (χ1v) is 7.28. The van der Waals surface area contributed by atoms with Crippen molar-refractivity contribution in [2.45, 2.75) is 39.7 Å². The summed E-state index contributed by atoms with van der Waals surface area (Å²) < 4.78 is 19.0. The van der Waals surface area contributed by atoms with Crippen LogP contribution in [0, 0.1) is 19.7 Å². The summed E-state index contributed by atoms with van der Waals surface area (Å²) in [5.74, 6) is 1.18. The molecule has 0 amide bonds. The van der Waals surface area contributed by atoms with E-state index in [2.05, 4.69) is 19.9 Å². The lowest BCUT2D eigenvalue weighted by Gasteiger charge is -2.13. The van der Waals surface area contributed by atoms with Crippen LogP contribution in [0.3, 0.4) is 0 Å². The van der Waals surface area contributed by atoms with Gasteiger partial charge in [-0.25, -0.2) is 4.39 Å². The average Bonchev–Trinajstić information content (AvgIpc) is 2.45. The molecule has 0 fully saturated rings. The van der Waals surface area contributed by atoms with Crippen molar-refractivity contribution in [2.75, 3.05) is 0 Å². The molecule has 2 aromatic carbocycles. The Morgan fingerprint density at radius 2 is 1.67 bits per heavy atom. The number of hydrogen-bond acceptors (Lipinski definition) is 2. The van der Waals surface area contributed by atoms with Crippen LogP contribution in [0.2, 0.25) is 0 Å². The molecule has 21 heavy (non-hydrogen) atoms. The molecule has 112 valence electrons. The Balaban J connectivity index is 2.14. The smallest absolute Gasteiger partial charge is 0.127 e. The highest BCUT2D eigenvalue weighted by Gasteiger charge is 2.07. The molecule has 3 heteroatoms. The number of nitrogens with two attached hydrogens (primary N) is 1. The summed E-state index contributed by atoms with van der Waals surface area (Å²) in [5.41, 5.74) is 8.98. The third-order valence-electron chi connectivity index (χ3n) is 3.69. The molecule has 0 heterocycles. The number of benzene rings is 2. The van der Waals surface area contributed by atoms with Crippen LogP contribution in [-0.2, 0) is 6.42 Å². The molecule has 0 radical (unpaired) electrons. The van der Waals surface area contributed by atoms with Crippen molar-refractivity contribution in [1.82, 2.24) is 0 Å². The molecule has 0 bridgehead atoms. The van der Waals surface area contributed by atoms with E-state index in [4.69, 9.17) is 10.5 Å². The monoisotopic (exact) mass is 287 g/mol. The fourth-order valence-corrected chi connectivity index (χ4v) is 2.20. The fourth-order valence-electron chi connectivity index (χ4n) is 2.20. The highest BCUT2D eigenvalue weighted by atomic mass is 19.1. The number of hydrogen-bond donors (Lipinski definition) is 1. The van der Waals surface area contributed by atoms with Crippen LogP contribution in [0.4, 0.5) is 4.39 Å². The van der Waals surface area contributed by atoms with E-state index in [1.807, 2.05) is 12.1 Å². The SMILES string of the molecule is CCC(N)Cc1ccc(Oc2ccc(F)c(C)c2)cc1C. The number of rotatable bonds is 5. The van der Waals surface area contributed by atoms with Crippen molar-refractivity contribution >= 4 is 0 Å². The first kappa shape index (κ1) is 15.5. The Kier molecular flexibility index (Phi) is 4.97. The minimum Gasteiger partial charge on any atom is -0.457 e. The van der Waals surface area contributed by atoms with Gasteiger partial charge in [0, 0.05) is 6.04 Å². The van der Waals surface area contributed by atoms with E-state index in [1.54, 1.807) is 19.1 Å². The molecule has 0 aliphatic heterocycles. The molecule has 2 aromatic rings. The van der Waals surface area contributed by atoms with Crippen LogP contribution < -0.4 is 10.5 Å². The topological polar surface area (TPSA) is 35.2 Å². The second kappa shape index (κ2) is 6.72. The predicted molar refractivity (Wildman–Crippen MR) is 84.4 cm³/mol. The van der Waals surface area contributed by atoms with Crippen LogP contribution in [0.5, 0.6) is 11.5 Å². The highest BCUT2D eigenvalue weighted by molar-refractivity contribution is 5.39. The lowest BCUT2D eigenvalue weighted by Crippen LogP contribution is -2.21. The molecular formula is C18H22FNO. The van der Waals surface area contributed by atoms with Crippen LogP contribution in [0.1, 0.15) is 30.0 Å². The van der Waals surface area contributed by atoms with Crippen LogP contribution in [-0.4, -0.2) is 6.04 Å². The van der Waals surface area contributed by atoms with E-state index in [9.17, 15) is 4.39 Å². The van der Waals surface area contributed by atoms with Crippen molar-refractivity contribution in [1.29, 1.82) is 0 Å². The lowest BCUT2D eigenvalue weighted by atomic mass is 10.00. The number of halogens is 1. The van der Waals surface area contributed by atoms with Crippen molar-refractivity contribution in [3.8, 4) is 11.5 Å². The average molecular weight is 287 g/mol. The normalized spacial score (nSPS) is 12.2. The summed E-state index contributed by atoms with van der Waals surface area (Å²) in [6, 6.07) is 10.9. The van der Waals surface area contributed by atoms with Gasteiger partial charge >= 0.3 is 0 Å². The lowest BCUT2D eigenvalue weighted by molar-refractivity contribution is 0.479. The molecule has 0 aliphatic rings. The van der Waals surface area contributed by atoms with Gasteiger partial charge in [0.25, 0.3) is 0 Å². The zero-order chi connectivity index (χ0) is 15.4. The summed E-state index contributed by atoms with van der Waals surface area (Å²) in [6.07, 6.45) is 1.84. The second-order valence-corrected chi connectivity index (χ2v) is 5.47. The van der Waals surface area contributed by atoms with E-state index >= 15 is 0 Å². The molecule has 0 saturated heterocycles. The van der Waals surface area contributed by atoms with Crippen molar-refractivity contribution in [3.63, 3.8) is 0 Å². The zero-order valence-corrected chi connectivity index (χ0v) is 12.8. The Hall–Kier alpha value is -1.87. The summed E-state index contributed by atoms with van der Waals surface area (Å²) in [4.78, 5) is 0.